The number of hydrogen-bond acceptors (Lipinski definition) is 2. The number of imidazole rings is 1. The van der Waals surface area contributed by atoms with Gasteiger partial charge in [-0.2, -0.15) is 0 Å². The third-order valence-electron chi connectivity index (χ3n) is 2.27. The van der Waals surface area contributed by atoms with Gasteiger partial charge in [0.05, 0.1) is 12.7 Å². The largest absolute Gasteiger partial charge is 0.369 e. The van der Waals surface area contributed by atoms with Crippen LogP contribution >= 0.6 is 0 Å². The van der Waals surface area contributed by atoms with Crippen LogP contribution in [-0.4, -0.2) is 9.55 Å². The Morgan fingerprint density at radius 1 is 1.29 bits per heavy atom. The van der Waals surface area contributed by atoms with Crippen LogP contribution in [0, 0.1) is 6.92 Å². The number of nitrogens with two attached hydrogens (primary N) is 1. The fourth-order valence-corrected chi connectivity index (χ4v) is 1.45. The first-order valence-corrected chi connectivity index (χ1v) is 4.59. The van der Waals surface area contributed by atoms with Crippen molar-refractivity contribution in [1.82, 2.24) is 9.55 Å². The lowest BCUT2D eigenvalue weighted by Gasteiger charge is -2.06. The molecular weight excluding hydrogens is 174 g/mol. The Kier molecular flexibility index (Phi) is 2.23. The molecule has 0 amide bonds. The number of benzene rings is 1. The van der Waals surface area contributed by atoms with Crippen molar-refractivity contribution in [3.8, 4) is 0 Å². The molecule has 0 bridgehead atoms. The van der Waals surface area contributed by atoms with Gasteiger partial charge in [-0.25, -0.2) is 4.98 Å². The zero-order chi connectivity index (χ0) is 9.97. The van der Waals surface area contributed by atoms with Crippen LogP contribution in [0.15, 0.2) is 36.5 Å². The van der Waals surface area contributed by atoms with Gasteiger partial charge in [-0.15, -0.1) is 0 Å². The van der Waals surface area contributed by atoms with Gasteiger partial charge in [0.25, 0.3) is 0 Å². The SMILES string of the molecule is Cc1cnc(N)n1Cc1ccccc1. The first-order valence-electron chi connectivity index (χ1n) is 4.59. The molecule has 0 saturated carbocycles. The van der Waals surface area contributed by atoms with Crippen LogP contribution in [0.4, 0.5) is 5.95 Å². The van der Waals surface area contributed by atoms with Crippen molar-refractivity contribution in [2.45, 2.75) is 13.5 Å². The smallest absolute Gasteiger partial charge is 0.200 e. The monoisotopic (exact) mass is 187 g/mol. The lowest BCUT2D eigenvalue weighted by molar-refractivity contribution is 0.783. The minimum atomic E-state index is 0.575. The second-order valence-corrected chi connectivity index (χ2v) is 3.33. The molecule has 72 valence electrons. The van der Waals surface area contributed by atoms with E-state index in [0.717, 1.165) is 12.2 Å². The first kappa shape index (κ1) is 8.81. The Hall–Kier alpha value is -1.77. The Bertz CT molecular complexity index is 398. The van der Waals surface area contributed by atoms with E-state index in [-0.39, 0.29) is 0 Å². The standard InChI is InChI=1S/C11H13N3/c1-9-7-13-11(12)14(9)8-10-5-3-2-4-6-10/h2-7H,8H2,1H3,(H2,12,13). The molecule has 0 fully saturated rings. The second kappa shape index (κ2) is 3.54. The maximum atomic E-state index is 5.74. The van der Waals surface area contributed by atoms with E-state index in [4.69, 9.17) is 5.73 Å². The number of anilines is 1. The Labute approximate surface area is 83.2 Å². The Morgan fingerprint density at radius 2 is 2.00 bits per heavy atom. The summed E-state index contributed by atoms with van der Waals surface area (Å²) in [5.41, 5.74) is 8.07. The average Bonchev–Trinajstić information content (AvgIpc) is 2.51. The van der Waals surface area contributed by atoms with E-state index in [2.05, 4.69) is 17.1 Å². The highest BCUT2D eigenvalue weighted by Crippen LogP contribution is 2.09. The van der Waals surface area contributed by atoms with Crippen LogP contribution in [0.2, 0.25) is 0 Å². The van der Waals surface area contributed by atoms with Crippen molar-refractivity contribution >= 4 is 5.95 Å². The van der Waals surface area contributed by atoms with E-state index < -0.39 is 0 Å². The third kappa shape index (κ3) is 1.62. The molecule has 0 radical (unpaired) electrons. The molecule has 2 N–H and O–H groups in total. The van der Waals surface area contributed by atoms with Gasteiger partial charge in [0.15, 0.2) is 0 Å². The summed E-state index contributed by atoms with van der Waals surface area (Å²) in [6.45, 7) is 2.80. The highest BCUT2D eigenvalue weighted by Gasteiger charge is 2.02. The fraction of sp³-hybridized carbons (Fsp3) is 0.182. The molecule has 2 rings (SSSR count). The Morgan fingerprint density at radius 3 is 2.57 bits per heavy atom. The predicted octanol–water partition coefficient (Wildman–Crippen LogP) is 1.82. The van der Waals surface area contributed by atoms with Crippen molar-refractivity contribution < 1.29 is 0 Å². The Balaban J connectivity index is 2.27. The fourth-order valence-electron chi connectivity index (χ4n) is 1.45. The molecule has 0 unspecified atom stereocenters. The lowest BCUT2D eigenvalue weighted by Crippen LogP contribution is -2.05. The van der Waals surface area contributed by atoms with E-state index >= 15 is 0 Å². The highest BCUT2D eigenvalue weighted by molar-refractivity contribution is 5.25. The average molecular weight is 187 g/mol. The van der Waals surface area contributed by atoms with Crippen LogP contribution < -0.4 is 5.73 Å². The molecule has 1 aromatic carbocycles. The summed E-state index contributed by atoms with van der Waals surface area (Å²) in [4.78, 5) is 4.05. The third-order valence-corrected chi connectivity index (χ3v) is 2.27. The van der Waals surface area contributed by atoms with Crippen molar-refractivity contribution in [2.75, 3.05) is 5.73 Å². The number of aromatic nitrogens is 2. The van der Waals surface area contributed by atoms with E-state index in [1.165, 1.54) is 5.56 Å². The van der Waals surface area contributed by atoms with Gasteiger partial charge < -0.3 is 10.3 Å². The molecule has 0 aliphatic rings. The van der Waals surface area contributed by atoms with Crippen LogP contribution in [0.5, 0.6) is 0 Å². The van der Waals surface area contributed by atoms with E-state index in [9.17, 15) is 0 Å². The molecule has 1 aromatic heterocycles. The quantitative estimate of drug-likeness (QED) is 0.779. The highest BCUT2D eigenvalue weighted by atomic mass is 15.1. The first-order chi connectivity index (χ1) is 6.77. The molecule has 14 heavy (non-hydrogen) atoms. The summed E-state index contributed by atoms with van der Waals surface area (Å²) < 4.78 is 2.00. The molecule has 0 spiro atoms. The van der Waals surface area contributed by atoms with Crippen LogP contribution in [0.3, 0.4) is 0 Å². The van der Waals surface area contributed by atoms with Crippen LogP contribution in [0.25, 0.3) is 0 Å². The van der Waals surface area contributed by atoms with Crippen molar-refractivity contribution in [2.24, 2.45) is 0 Å². The van der Waals surface area contributed by atoms with Gasteiger partial charge in [-0.1, -0.05) is 30.3 Å². The summed E-state index contributed by atoms with van der Waals surface area (Å²) in [5, 5.41) is 0. The molecule has 3 heteroatoms. The molecule has 0 saturated heterocycles. The van der Waals surface area contributed by atoms with Gasteiger partial charge in [0.2, 0.25) is 5.95 Å². The molecule has 0 aliphatic carbocycles. The molecule has 0 atom stereocenters. The summed E-state index contributed by atoms with van der Waals surface area (Å²) >= 11 is 0. The van der Waals surface area contributed by atoms with Gasteiger partial charge in [0, 0.05) is 5.69 Å². The normalized spacial score (nSPS) is 10.4. The molecule has 2 aromatic rings. The van der Waals surface area contributed by atoms with E-state index in [1.54, 1.807) is 6.20 Å². The minimum Gasteiger partial charge on any atom is -0.369 e. The summed E-state index contributed by atoms with van der Waals surface area (Å²) in [5.74, 6) is 0.575. The van der Waals surface area contributed by atoms with Gasteiger partial charge in [0.1, 0.15) is 0 Å². The lowest BCUT2D eigenvalue weighted by atomic mass is 10.2. The molecular formula is C11H13N3. The molecule has 1 heterocycles. The van der Waals surface area contributed by atoms with Crippen molar-refractivity contribution in [1.29, 1.82) is 0 Å². The van der Waals surface area contributed by atoms with Crippen LogP contribution in [0.1, 0.15) is 11.3 Å². The zero-order valence-corrected chi connectivity index (χ0v) is 8.14. The second-order valence-electron chi connectivity index (χ2n) is 3.33. The van der Waals surface area contributed by atoms with E-state index in [0.29, 0.717) is 5.95 Å². The predicted molar refractivity (Wildman–Crippen MR) is 56.9 cm³/mol. The summed E-state index contributed by atoms with van der Waals surface area (Å²) in [7, 11) is 0. The van der Waals surface area contributed by atoms with Gasteiger partial charge in [-0.05, 0) is 12.5 Å². The van der Waals surface area contributed by atoms with Gasteiger partial charge >= 0.3 is 0 Å². The number of nitrogens with zero attached hydrogens (tertiary/aromatic N) is 2. The maximum absolute atomic E-state index is 5.74. The van der Waals surface area contributed by atoms with Crippen molar-refractivity contribution in [3.63, 3.8) is 0 Å². The number of nitrogen functional groups attached to an aromatic ring is 1. The topological polar surface area (TPSA) is 43.8 Å². The summed E-state index contributed by atoms with van der Waals surface area (Å²) in [6.07, 6.45) is 1.79. The number of hydrogen-bond donors (Lipinski definition) is 1. The van der Waals surface area contributed by atoms with Crippen LogP contribution in [-0.2, 0) is 6.54 Å². The maximum Gasteiger partial charge on any atom is 0.200 e. The molecule has 3 nitrogen and oxygen atoms in total. The van der Waals surface area contributed by atoms with Crippen molar-refractivity contribution in [3.05, 3.63) is 47.8 Å². The molecule has 0 aliphatic heterocycles. The number of rotatable bonds is 2. The minimum absolute atomic E-state index is 0.575. The van der Waals surface area contributed by atoms with E-state index in [1.807, 2.05) is 29.7 Å². The number of aryl methyl sites for hydroxylation is 1. The van der Waals surface area contributed by atoms with Gasteiger partial charge in [-0.3, -0.25) is 0 Å². The summed E-state index contributed by atoms with van der Waals surface area (Å²) in [6, 6.07) is 10.2. The zero-order valence-electron chi connectivity index (χ0n) is 8.14.